The van der Waals surface area contributed by atoms with Crippen molar-refractivity contribution in [2.45, 2.75) is 20.3 Å². The molecule has 0 aliphatic carbocycles. The van der Waals surface area contributed by atoms with Crippen molar-refractivity contribution in [2.75, 3.05) is 31.3 Å². The van der Waals surface area contributed by atoms with E-state index in [9.17, 15) is 4.79 Å². The number of amides is 1. The summed E-state index contributed by atoms with van der Waals surface area (Å²) in [5.74, 6) is 1.83. The van der Waals surface area contributed by atoms with E-state index in [1.54, 1.807) is 18.3 Å². The number of nitrogens with two attached hydrogens (primary N) is 3. The lowest BCUT2D eigenvalue weighted by Gasteiger charge is -2.18. The van der Waals surface area contributed by atoms with E-state index in [4.69, 9.17) is 31.4 Å². The molecule has 1 aromatic heterocycles. The Labute approximate surface area is 186 Å². The molecular formula is C23H27N5O4. The van der Waals surface area contributed by atoms with Crippen LogP contribution >= 0.6 is 0 Å². The van der Waals surface area contributed by atoms with Crippen LogP contribution in [0.2, 0.25) is 0 Å². The third kappa shape index (κ3) is 5.57. The normalized spacial score (nSPS) is 10.6. The Bertz CT molecular complexity index is 1060. The standard InChI is InChI=1S/C23H27N5O4/c1-3-30-18-10-14(9-16-12-27-23(26)28-22(16)25)11-19(31-4-2)21(18)15-5-7-17(8-6-15)32-13-20(24)29/h5-8,10-12H,3-4,9,13H2,1-2H3,(H2,24,29)(H4,25,26,27,28). The molecule has 3 rings (SSSR count). The van der Waals surface area contributed by atoms with E-state index >= 15 is 0 Å². The summed E-state index contributed by atoms with van der Waals surface area (Å²) < 4.78 is 17.3. The van der Waals surface area contributed by atoms with Gasteiger partial charge in [-0.25, -0.2) is 4.98 Å². The van der Waals surface area contributed by atoms with Gasteiger partial charge in [-0.3, -0.25) is 4.79 Å². The van der Waals surface area contributed by atoms with Gasteiger partial charge in [0.15, 0.2) is 6.61 Å². The molecule has 1 amide bonds. The number of primary amides is 1. The summed E-state index contributed by atoms with van der Waals surface area (Å²) >= 11 is 0. The van der Waals surface area contributed by atoms with Crippen LogP contribution in [0.5, 0.6) is 17.2 Å². The van der Waals surface area contributed by atoms with Crippen LogP contribution in [0.15, 0.2) is 42.6 Å². The van der Waals surface area contributed by atoms with Gasteiger partial charge in [0.25, 0.3) is 5.91 Å². The predicted molar refractivity (Wildman–Crippen MR) is 123 cm³/mol. The zero-order valence-corrected chi connectivity index (χ0v) is 18.1. The number of benzene rings is 2. The topological polar surface area (TPSA) is 149 Å². The highest BCUT2D eigenvalue weighted by Gasteiger charge is 2.17. The number of aromatic nitrogens is 2. The van der Waals surface area contributed by atoms with Gasteiger partial charge in [0.2, 0.25) is 5.95 Å². The van der Waals surface area contributed by atoms with Gasteiger partial charge < -0.3 is 31.4 Å². The molecule has 0 fully saturated rings. The van der Waals surface area contributed by atoms with E-state index in [-0.39, 0.29) is 12.6 Å². The van der Waals surface area contributed by atoms with Crippen molar-refractivity contribution in [2.24, 2.45) is 5.73 Å². The zero-order valence-electron chi connectivity index (χ0n) is 18.1. The van der Waals surface area contributed by atoms with Gasteiger partial charge in [-0.1, -0.05) is 12.1 Å². The fraction of sp³-hybridized carbons (Fsp3) is 0.261. The second-order valence-corrected chi connectivity index (χ2v) is 6.93. The lowest BCUT2D eigenvalue weighted by atomic mass is 9.98. The fourth-order valence-electron chi connectivity index (χ4n) is 3.23. The maximum Gasteiger partial charge on any atom is 0.255 e. The second kappa shape index (κ2) is 10.3. The molecule has 9 nitrogen and oxygen atoms in total. The number of nitrogens with zero attached hydrogens (tertiary/aromatic N) is 2. The zero-order chi connectivity index (χ0) is 23.1. The molecule has 168 valence electrons. The molecule has 6 N–H and O–H groups in total. The molecule has 0 bridgehead atoms. The molecule has 0 atom stereocenters. The molecule has 0 aliphatic rings. The summed E-state index contributed by atoms with van der Waals surface area (Å²) in [6.45, 7) is 4.62. The highest BCUT2D eigenvalue weighted by atomic mass is 16.5. The smallest absolute Gasteiger partial charge is 0.255 e. The maximum atomic E-state index is 10.9. The quantitative estimate of drug-likeness (QED) is 0.438. The van der Waals surface area contributed by atoms with Crippen LogP contribution in [-0.4, -0.2) is 35.7 Å². The van der Waals surface area contributed by atoms with Crippen molar-refractivity contribution >= 4 is 17.7 Å². The van der Waals surface area contributed by atoms with Crippen LogP contribution in [0.4, 0.5) is 11.8 Å². The number of anilines is 2. The van der Waals surface area contributed by atoms with Crippen LogP contribution in [0.3, 0.4) is 0 Å². The summed E-state index contributed by atoms with van der Waals surface area (Å²) in [4.78, 5) is 19.0. The van der Waals surface area contributed by atoms with Crippen molar-refractivity contribution in [1.29, 1.82) is 0 Å². The van der Waals surface area contributed by atoms with E-state index in [1.165, 1.54) is 0 Å². The average Bonchev–Trinajstić information content (AvgIpc) is 2.75. The van der Waals surface area contributed by atoms with Crippen LogP contribution in [-0.2, 0) is 11.2 Å². The van der Waals surface area contributed by atoms with E-state index in [0.717, 1.165) is 22.3 Å². The van der Waals surface area contributed by atoms with Crippen LogP contribution < -0.4 is 31.4 Å². The van der Waals surface area contributed by atoms with E-state index < -0.39 is 5.91 Å². The van der Waals surface area contributed by atoms with Crippen LogP contribution in [0.25, 0.3) is 11.1 Å². The number of carbonyl (C=O) groups excluding carboxylic acids is 1. The summed E-state index contributed by atoms with van der Waals surface area (Å²) in [6, 6.07) is 11.2. The highest BCUT2D eigenvalue weighted by Crippen LogP contribution is 2.41. The minimum absolute atomic E-state index is 0.134. The maximum absolute atomic E-state index is 10.9. The van der Waals surface area contributed by atoms with Crippen molar-refractivity contribution in [3.8, 4) is 28.4 Å². The van der Waals surface area contributed by atoms with Gasteiger partial charge in [-0.2, -0.15) is 4.98 Å². The molecule has 0 radical (unpaired) electrons. The Morgan fingerprint density at radius 1 is 0.969 bits per heavy atom. The molecular weight excluding hydrogens is 410 g/mol. The number of hydrogen-bond acceptors (Lipinski definition) is 8. The third-order valence-corrected chi connectivity index (χ3v) is 4.56. The Kier molecular flexibility index (Phi) is 7.33. The Morgan fingerprint density at radius 3 is 2.12 bits per heavy atom. The van der Waals surface area contributed by atoms with Gasteiger partial charge in [-0.15, -0.1) is 0 Å². The van der Waals surface area contributed by atoms with Gasteiger partial charge in [-0.05, 0) is 49.2 Å². The van der Waals surface area contributed by atoms with Gasteiger partial charge in [0.05, 0.1) is 18.8 Å². The number of rotatable bonds is 10. The molecule has 9 heteroatoms. The molecule has 0 saturated carbocycles. The summed E-state index contributed by atoms with van der Waals surface area (Å²) in [5.41, 5.74) is 20.1. The predicted octanol–water partition coefficient (Wildman–Crippen LogP) is 2.56. The van der Waals surface area contributed by atoms with Crippen molar-refractivity contribution in [3.05, 3.63) is 53.7 Å². The van der Waals surface area contributed by atoms with E-state index in [1.807, 2.05) is 38.1 Å². The molecule has 2 aromatic carbocycles. The molecule has 0 unspecified atom stereocenters. The first-order valence-corrected chi connectivity index (χ1v) is 10.2. The SMILES string of the molecule is CCOc1cc(Cc2cnc(N)nc2N)cc(OCC)c1-c1ccc(OCC(N)=O)cc1. The molecule has 1 heterocycles. The summed E-state index contributed by atoms with van der Waals surface area (Å²) in [6.07, 6.45) is 2.11. The molecule has 32 heavy (non-hydrogen) atoms. The molecule has 3 aromatic rings. The molecule has 0 spiro atoms. The van der Waals surface area contributed by atoms with Crippen molar-refractivity contribution in [1.82, 2.24) is 9.97 Å². The van der Waals surface area contributed by atoms with Crippen LogP contribution in [0, 0.1) is 0 Å². The fourth-order valence-corrected chi connectivity index (χ4v) is 3.23. The number of carbonyl (C=O) groups is 1. The van der Waals surface area contributed by atoms with Crippen LogP contribution in [0.1, 0.15) is 25.0 Å². The van der Waals surface area contributed by atoms with Gasteiger partial charge in [0, 0.05) is 18.2 Å². The van der Waals surface area contributed by atoms with E-state index in [2.05, 4.69) is 9.97 Å². The minimum Gasteiger partial charge on any atom is -0.493 e. The first-order valence-electron chi connectivity index (χ1n) is 10.2. The average molecular weight is 438 g/mol. The first kappa shape index (κ1) is 22.7. The summed E-state index contributed by atoms with van der Waals surface area (Å²) in [7, 11) is 0. The Morgan fingerprint density at radius 2 is 1.59 bits per heavy atom. The van der Waals surface area contributed by atoms with Crippen molar-refractivity contribution in [3.63, 3.8) is 0 Å². The number of ether oxygens (including phenoxy) is 3. The Hall–Kier alpha value is -4.01. The Balaban J connectivity index is 2.00. The molecule has 0 aliphatic heterocycles. The highest BCUT2D eigenvalue weighted by molar-refractivity contribution is 5.78. The second-order valence-electron chi connectivity index (χ2n) is 6.93. The monoisotopic (exact) mass is 437 g/mol. The number of hydrogen-bond donors (Lipinski definition) is 3. The van der Waals surface area contributed by atoms with E-state index in [0.29, 0.717) is 42.7 Å². The lowest BCUT2D eigenvalue weighted by molar-refractivity contribution is -0.119. The first-order chi connectivity index (χ1) is 15.4. The number of nitrogen functional groups attached to an aromatic ring is 2. The third-order valence-electron chi connectivity index (χ3n) is 4.56. The minimum atomic E-state index is -0.533. The summed E-state index contributed by atoms with van der Waals surface area (Å²) in [5, 5.41) is 0. The van der Waals surface area contributed by atoms with Gasteiger partial charge >= 0.3 is 0 Å². The largest absolute Gasteiger partial charge is 0.493 e. The lowest BCUT2D eigenvalue weighted by Crippen LogP contribution is -2.19. The molecule has 0 saturated heterocycles. The van der Waals surface area contributed by atoms with Crippen molar-refractivity contribution < 1.29 is 19.0 Å². The van der Waals surface area contributed by atoms with Gasteiger partial charge in [0.1, 0.15) is 23.1 Å².